The third-order valence-corrected chi connectivity index (χ3v) is 6.31. The number of amides is 1. The number of aromatic nitrogens is 3. The predicted octanol–water partition coefficient (Wildman–Crippen LogP) is 2.81. The number of carbonyl (C=O) groups excluding carboxylic acids is 1. The van der Waals surface area contributed by atoms with Gasteiger partial charge in [0.1, 0.15) is 5.82 Å². The molecule has 1 aliphatic rings. The van der Waals surface area contributed by atoms with Crippen LogP contribution in [0, 0.1) is 5.82 Å². The van der Waals surface area contributed by atoms with Crippen LogP contribution >= 0.6 is 0 Å². The quantitative estimate of drug-likeness (QED) is 0.364. The van der Waals surface area contributed by atoms with Crippen molar-refractivity contribution in [3.8, 4) is 0 Å². The lowest BCUT2D eigenvalue weighted by Crippen LogP contribution is -2.43. The number of ether oxygens (including phenoxy) is 1. The fourth-order valence-electron chi connectivity index (χ4n) is 4.44. The molecule has 188 valence electrons. The van der Waals surface area contributed by atoms with Crippen LogP contribution in [0.15, 0.2) is 24.3 Å². The van der Waals surface area contributed by atoms with E-state index in [-0.39, 0.29) is 29.3 Å². The Morgan fingerprint density at radius 2 is 2.03 bits per heavy atom. The molecule has 11 heteroatoms. The standard InChI is InChI=1S/C24H33FN8O2/c1-32(2)24-15-12-14(8-9-20(15)33(31-24)10-11-35-3)28-22-16(21(27)34)13-17(25)23(30-22)29-19-7-5-4-6-18(19)26/h8-9,12-13,18-19H,4-7,10-11,26H2,1-3H3,(H2,27,34)(H2,28,29,30)/t18-,19+/m0/s1. The van der Waals surface area contributed by atoms with Crippen LogP contribution in [0.4, 0.5) is 27.5 Å². The van der Waals surface area contributed by atoms with E-state index in [1.807, 2.05) is 41.9 Å². The van der Waals surface area contributed by atoms with Gasteiger partial charge in [0.25, 0.3) is 5.91 Å². The summed E-state index contributed by atoms with van der Waals surface area (Å²) < 4.78 is 21.9. The van der Waals surface area contributed by atoms with Gasteiger partial charge < -0.3 is 31.7 Å². The number of carbonyl (C=O) groups is 1. The van der Waals surface area contributed by atoms with Gasteiger partial charge in [0.2, 0.25) is 0 Å². The highest BCUT2D eigenvalue weighted by atomic mass is 19.1. The van der Waals surface area contributed by atoms with Crippen molar-refractivity contribution < 1.29 is 13.9 Å². The third kappa shape index (κ3) is 5.30. The first-order valence-corrected chi connectivity index (χ1v) is 11.7. The van der Waals surface area contributed by atoms with Gasteiger partial charge in [0, 0.05) is 44.4 Å². The summed E-state index contributed by atoms with van der Waals surface area (Å²) >= 11 is 0. The van der Waals surface area contributed by atoms with Gasteiger partial charge in [-0.3, -0.25) is 9.48 Å². The molecule has 6 N–H and O–H groups in total. The lowest BCUT2D eigenvalue weighted by molar-refractivity contribution is 0.100. The number of methoxy groups -OCH3 is 1. The van der Waals surface area contributed by atoms with E-state index in [9.17, 15) is 9.18 Å². The van der Waals surface area contributed by atoms with Crippen LogP contribution in [-0.4, -0.2) is 60.6 Å². The summed E-state index contributed by atoms with van der Waals surface area (Å²) in [4.78, 5) is 18.4. The summed E-state index contributed by atoms with van der Waals surface area (Å²) in [6.45, 7) is 1.14. The van der Waals surface area contributed by atoms with Crippen LogP contribution in [-0.2, 0) is 11.3 Å². The monoisotopic (exact) mass is 484 g/mol. The number of benzene rings is 1. The lowest BCUT2D eigenvalue weighted by Gasteiger charge is -2.30. The molecule has 0 radical (unpaired) electrons. The van der Waals surface area contributed by atoms with Crippen LogP contribution < -0.4 is 27.0 Å². The molecule has 10 nitrogen and oxygen atoms in total. The van der Waals surface area contributed by atoms with E-state index < -0.39 is 11.7 Å². The van der Waals surface area contributed by atoms with E-state index in [2.05, 4.69) is 15.6 Å². The van der Waals surface area contributed by atoms with E-state index in [1.165, 1.54) is 0 Å². The maximum absolute atomic E-state index is 14.8. The molecule has 1 aromatic carbocycles. The number of pyridine rings is 1. The van der Waals surface area contributed by atoms with Crippen molar-refractivity contribution >= 4 is 40.0 Å². The summed E-state index contributed by atoms with van der Waals surface area (Å²) in [5.74, 6) is -0.421. The normalized spacial score (nSPS) is 18.0. The molecule has 0 unspecified atom stereocenters. The molecule has 2 heterocycles. The van der Waals surface area contributed by atoms with Crippen LogP contribution in [0.1, 0.15) is 36.0 Å². The summed E-state index contributed by atoms with van der Waals surface area (Å²) in [6.07, 6.45) is 3.78. The minimum atomic E-state index is -0.776. The second kappa shape index (κ2) is 10.4. The lowest BCUT2D eigenvalue weighted by atomic mass is 9.91. The van der Waals surface area contributed by atoms with Crippen LogP contribution in [0.25, 0.3) is 10.9 Å². The molecule has 2 aromatic heterocycles. The van der Waals surface area contributed by atoms with Crippen LogP contribution in [0.5, 0.6) is 0 Å². The van der Waals surface area contributed by atoms with Crippen LogP contribution in [0.2, 0.25) is 0 Å². The van der Waals surface area contributed by atoms with E-state index in [1.54, 1.807) is 7.11 Å². The van der Waals surface area contributed by atoms with Gasteiger partial charge in [-0.25, -0.2) is 9.37 Å². The molecule has 3 aromatic rings. The van der Waals surface area contributed by atoms with Crippen molar-refractivity contribution in [3.05, 3.63) is 35.6 Å². The Hall–Kier alpha value is -3.44. The maximum Gasteiger partial charge on any atom is 0.252 e. The number of hydrogen-bond acceptors (Lipinski definition) is 8. The van der Waals surface area contributed by atoms with Gasteiger partial charge in [-0.2, -0.15) is 5.10 Å². The molecule has 2 atom stereocenters. The number of rotatable bonds is 9. The highest BCUT2D eigenvalue weighted by Gasteiger charge is 2.24. The van der Waals surface area contributed by atoms with Crippen molar-refractivity contribution in [1.82, 2.24) is 14.8 Å². The topological polar surface area (TPSA) is 136 Å². The summed E-state index contributed by atoms with van der Waals surface area (Å²) in [5, 5.41) is 11.9. The highest BCUT2D eigenvalue weighted by molar-refractivity contribution is 5.99. The largest absolute Gasteiger partial charge is 0.383 e. The van der Waals surface area contributed by atoms with E-state index in [4.69, 9.17) is 21.3 Å². The maximum atomic E-state index is 14.8. The Morgan fingerprint density at radius 3 is 2.71 bits per heavy atom. The second-order valence-corrected chi connectivity index (χ2v) is 9.07. The van der Waals surface area contributed by atoms with Gasteiger partial charge >= 0.3 is 0 Å². The molecule has 4 rings (SSSR count). The van der Waals surface area contributed by atoms with Crippen molar-refractivity contribution in [2.75, 3.05) is 43.3 Å². The first-order valence-electron chi connectivity index (χ1n) is 11.7. The number of primary amides is 1. The number of fused-ring (bicyclic) bond motifs is 1. The van der Waals surface area contributed by atoms with Gasteiger partial charge in [0.15, 0.2) is 17.5 Å². The van der Waals surface area contributed by atoms with E-state index in [0.29, 0.717) is 18.8 Å². The Labute approximate surface area is 203 Å². The minimum Gasteiger partial charge on any atom is -0.383 e. The Bertz CT molecular complexity index is 1210. The zero-order chi connectivity index (χ0) is 25.1. The number of halogens is 1. The first-order chi connectivity index (χ1) is 16.8. The van der Waals surface area contributed by atoms with Crippen molar-refractivity contribution in [2.45, 2.75) is 44.3 Å². The van der Waals surface area contributed by atoms with Crippen molar-refractivity contribution in [3.63, 3.8) is 0 Å². The van der Waals surface area contributed by atoms with Gasteiger partial charge in [-0.05, 0) is 37.1 Å². The Kier molecular flexibility index (Phi) is 7.37. The number of nitrogens with two attached hydrogens (primary N) is 2. The average Bonchev–Trinajstić information content (AvgIpc) is 3.19. The van der Waals surface area contributed by atoms with Crippen molar-refractivity contribution in [1.29, 1.82) is 0 Å². The highest BCUT2D eigenvalue weighted by Crippen LogP contribution is 2.31. The molecule has 0 aliphatic heterocycles. The zero-order valence-corrected chi connectivity index (χ0v) is 20.3. The number of anilines is 4. The fraction of sp³-hybridized carbons (Fsp3) is 0.458. The average molecular weight is 485 g/mol. The summed E-state index contributed by atoms with van der Waals surface area (Å²) in [6, 6.07) is 6.64. The molecule has 35 heavy (non-hydrogen) atoms. The van der Waals surface area contributed by atoms with Crippen molar-refractivity contribution in [2.24, 2.45) is 11.5 Å². The Balaban J connectivity index is 1.69. The smallest absolute Gasteiger partial charge is 0.252 e. The molecule has 0 saturated heterocycles. The number of nitrogens with zero attached hydrogens (tertiary/aromatic N) is 4. The van der Waals surface area contributed by atoms with E-state index in [0.717, 1.165) is 48.5 Å². The Morgan fingerprint density at radius 1 is 1.26 bits per heavy atom. The molecule has 1 amide bonds. The fourth-order valence-corrected chi connectivity index (χ4v) is 4.44. The van der Waals surface area contributed by atoms with E-state index >= 15 is 0 Å². The van der Waals surface area contributed by atoms with Gasteiger partial charge in [-0.15, -0.1) is 0 Å². The first kappa shape index (κ1) is 24.7. The second-order valence-electron chi connectivity index (χ2n) is 9.07. The SMILES string of the molecule is COCCn1nc(N(C)C)c2cc(Nc3nc(N[C@@H]4CCCC[C@@H]4N)c(F)cc3C(N)=O)ccc21. The van der Waals surface area contributed by atoms with Crippen LogP contribution in [0.3, 0.4) is 0 Å². The van der Waals surface area contributed by atoms with Gasteiger partial charge in [-0.1, -0.05) is 12.8 Å². The minimum absolute atomic E-state index is 0.0373. The molecule has 1 saturated carbocycles. The van der Waals surface area contributed by atoms with Gasteiger partial charge in [0.05, 0.1) is 24.2 Å². The predicted molar refractivity (Wildman–Crippen MR) is 136 cm³/mol. The number of nitrogens with one attached hydrogen (secondary N) is 2. The molecule has 1 aliphatic carbocycles. The number of hydrogen-bond donors (Lipinski definition) is 4. The molecular formula is C24H33FN8O2. The molecule has 1 fully saturated rings. The molecular weight excluding hydrogens is 451 g/mol. The zero-order valence-electron chi connectivity index (χ0n) is 20.3. The molecule has 0 bridgehead atoms. The molecule has 0 spiro atoms. The third-order valence-electron chi connectivity index (χ3n) is 6.31. The summed E-state index contributed by atoms with van der Waals surface area (Å²) in [7, 11) is 5.49. The summed E-state index contributed by atoms with van der Waals surface area (Å²) in [5.41, 5.74) is 13.3.